The monoisotopic (exact) mass is 355 g/mol. The van der Waals surface area contributed by atoms with Crippen molar-refractivity contribution < 1.29 is 19.1 Å². The summed E-state index contributed by atoms with van der Waals surface area (Å²) in [4.78, 5) is 29.3. The first-order valence-electron chi connectivity index (χ1n) is 9.10. The Bertz CT molecular complexity index is 454. The van der Waals surface area contributed by atoms with Crippen LogP contribution in [0.25, 0.3) is 0 Å². The molecule has 1 N–H and O–H groups in total. The molecule has 0 aliphatic carbocycles. The Morgan fingerprint density at radius 2 is 1.68 bits per heavy atom. The lowest BCUT2D eigenvalue weighted by atomic mass is 10.1. The molecule has 0 unspecified atom stereocenters. The molecular formula is C18H33N3O4. The van der Waals surface area contributed by atoms with Gasteiger partial charge in [-0.2, -0.15) is 0 Å². The SMILES string of the molecule is CC(C)(C)NC(=O)[C@@H]1C[C@H](N2CCOCC2)CN1C(=O)OC(C)(C)C. The van der Waals surface area contributed by atoms with Gasteiger partial charge in [0.05, 0.1) is 13.2 Å². The number of nitrogens with zero attached hydrogens (tertiary/aromatic N) is 2. The van der Waals surface area contributed by atoms with Crippen molar-refractivity contribution in [2.75, 3.05) is 32.8 Å². The third-order valence-corrected chi connectivity index (χ3v) is 4.27. The van der Waals surface area contributed by atoms with E-state index in [0.29, 0.717) is 26.2 Å². The van der Waals surface area contributed by atoms with Crippen LogP contribution in [0.4, 0.5) is 4.79 Å². The standard InChI is InChI=1S/C18H33N3O4/c1-17(2,3)19-15(22)14-11-13(20-7-9-24-10-8-20)12-21(14)16(23)25-18(4,5)6/h13-14H,7-12H2,1-6H3,(H,19,22)/t13-,14-/m0/s1. The van der Waals surface area contributed by atoms with Crippen LogP contribution in [0.1, 0.15) is 48.0 Å². The van der Waals surface area contributed by atoms with Crippen LogP contribution in [0, 0.1) is 0 Å². The second kappa shape index (κ2) is 7.50. The van der Waals surface area contributed by atoms with Crippen molar-refractivity contribution in [2.45, 2.75) is 71.2 Å². The van der Waals surface area contributed by atoms with Gasteiger partial charge in [-0.05, 0) is 48.0 Å². The minimum absolute atomic E-state index is 0.117. The number of morpholine rings is 1. The Hall–Kier alpha value is -1.34. The highest BCUT2D eigenvalue weighted by Crippen LogP contribution is 2.26. The summed E-state index contributed by atoms with van der Waals surface area (Å²) in [6.45, 7) is 14.9. The van der Waals surface area contributed by atoms with Gasteiger partial charge in [0, 0.05) is 31.2 Å². The number of hydrogen-bond donors (Lipinski definition) is 1. The summed E-state index contributed by atoms with van der Waals surface area (Å²) in [6.07, 6.45) is 0.207. The van der Waals surface area contributed by atoms with Crippen molar-refractivity contribution in [2.24, 2.45) is 0 Å². The van der Waals surface area contributed by atoms with Crippen LogP contribution in [0.3, 0.4) is 0 Å². The molecule has 2 rings (SSSR count). The molecule has 25 heavy (non-hydrogen) atoms. The minimum atomic E-state index is -0.584. The summed E-state index contributed by atoms with van der Waals surface area (Å²) < 4.78 is 10.9. The molecule has 2 heterocycles. The molecule has 0 bridgehead atoms. The van der Waals surface area contributed by atoms with Crippen molar-refractivity contribution in [3.8, 4) is 0 Å². The molecule has 2 aliphatic heterocycles. The minimum Gasteiger partial charge on any atom is -0.444 e. The van der Waals surface area contributed by atoms with Crippen LogP contribution in [0.5, 0.6) is 0 Å². The Morgan fingerprint density at radius 1 is 1.08 bits per heavy atom. The summed E-state index contributed by atoms with van der Waals surface area (Å²) in [7, 11) is 0. The van der Waals surface area contributed by atoms with E-state index in [9.17, 15) is 9.59 Å². The maximum atomic E-state index is 12.8. The van der Waals surface area contributed by atoms with Crippen molar-refractivity contribution in [1.82, 2.24) is 15.1 Å². The Labute approximate surface area is 151 Å². The van der Waals surface area contributed by atoms with E-state index in [1.54, 1.807) is 4.90 Å². The molecule has 2 fully saturated rings. The number of amides is 2. The molecular weight excluding hydrogens is 322 g/mol. The fourth-order valence-electron chi connectivity index (χ4n) is 3.24. The maximum Gasteiger partial charge on any atom is 0.411 e. The van der Waals surface area contributed by atoms with Gasteiger partial charge < -0.3 is 14.8 Å². The molecule has 0 aromatic heterocycles. The highest BCUT2D eigenvalue weighted by Gasteiger charge is 2.44. The first-order valence-corrected chi connectivity index (χ1v) is 9.10. The van der Waals surface area contributed by atoms with E-state index in [1.165, 1.54) is 0 Å². The first kappa shape index (κ1) is 20.0. The Morgan fingerprint density at radius 3 is 2.20 bits per heavy atom. The number of ether oxygens (including phenoxy) is 2. The highest BCUT2D eigenvalue weighted by molar-refractivity contribution is 5.87. The molecule has 0 spiro atoms. The zero-order valence-electron chi connectivity index (χ0n) is 16.4. The molecule has 0 aromatic rings. The molecule has 7 heteroatoms. The van der Waals surface area contributed by atoms with Crippen LogP contribution >= 0.6 is 0 Å². The Kier molecular flexibility index (Phi) is 5.99. The lowest BCUT2D eigenvalue weighted by Gasteiger charge is -2.32. The molecule has 2 atom stereocenters. The Balaban J connectivity index is 2.13. The van der Waals surface area contributed by atoms with E-state index in [0.717, 1.165) is 13.1 Å². The van der Waals surface area contributed by atoms with E-state index < -0.39 is 17.7 Å². The van der Waals surface area contributed by atoms with Crippen LogP contribution in [0.15, 0.2) is 0 Å². The van der Waals surface area contributed by atoms with Crippen LogP contribution in [0.2, 0.25) is 0 Å². The molecule has 2 aliphatic rings. The van der Waals surface area contributed by atoms with E-state index in [4.69, 9.17) is 9.47 Å². The number of likely N-dealkylation sites (tertiary alicyclic amines) is 1. The largest absolute Gasteiger partial charge is 0.444 e. The second-order valence-electron chi connectivity index (χ2n) is 8.93. The second-order valence-corrected chi connectivity index (χ2v) is 8.93. The molecule has 2 amide bonds. The summed E-state index contributed by atoms with van der Waals surface area (Å²) in [6, 6.07) is -0.339. The third-order valence-electron chi connectivity index (χ3n) is 4.27. The third kappa shape index (κ3) is 5.85. The van der Waals surface area contributed by atoms with Gasteiger partial charge in [0.15, 0.2) is 0 Å². The van der Waals surface area contributed by atoms with Crippen LogP contribution in [-0.2, 0) is 14.3 Å². The van der Waals surface area contributed by atoms with E-state index >= 15 is 0 Å². The van der Waals surface area contributed by atoms with Crippen molar-refractivity contribution >= 4 is 12.0 Å². The number of nitrogens with one attached hydrogen (secondary N) is 1. The average molecular weight is 355 g/mol. The van der Waals surface area contributed by atoms with Gasteiger partial charge in [-0.3, -0.25) is 14.6 Å². The molecule has 7 nitrogen and oxygen atoms in total. The normalized spacial score (nSPS) is 25.8. The smallest absolute Gasteiger partial charge is 0.411 e. The van der Waals surface area contributed by atoms with Gasteiger partial charge in [-0.1, -0.05) is 0 Å². The first-order chi connectivity index (χ1) is 11.5. The van der Waals surface area contributed by atoms with Gasteiger partial charge in [0.2, 0.25) is 5.91 Å². The number of carbonyl (C=O) groups is 2. The zero-order valence-corrected chi connectivity index (χ0v) is 16.4. The summed E-state index contributed by atoms with van der Waals surface area (Å²) in [5, 5.41) is 3.00. The topological polar surface area (TPSA) is 71.1 Å². The number of carbonyl (C=O) groups excluding carboxylic acids is 2. The highest BCUT2D eigenvalue weighted by atomic mass is 16.6. The van der Waals surface area contributed by atoms with Gasteiger partial charge in [0.25, 0.3) is 0 Å². The zero-order chi connectivity index (χ0) is 18.8. The van der Waals surface area contributed by atoms with E-state index in [-0.39, 0.29) is 17.5 Å². The van der Waals surface area contributed by atoms with Gasteiger partial charge in [0.1, 0.15) is 11.6 Å². The van der Waals surface area contributed by atoms with Crippen molar-refractivity contribution in [3.63, 3.8) is 0 Å². The van der Waals surface area contributed by atoms with E-state index in [2.05, 4.69) is 10.2 Å². The van der Waals surface area contributed by atoms with Gasteiger partial charge in [-0.25, -0.2) is 4.79 Å². The van der Waals surface area contributed by atoms with E-state index in [1.807, 2.05) is 41.5 Å². The quantitative estimate of drug-likeness (QED) is 0.815. The van der Waals surface area contributed by atoms with Gasteiger partial charge in [-0.15, -0.1) is 0 Å². The molecule has 0 saturated carbocycles. The van der Waals surface area contributed by atoms with Crippen LogP contribution in [-0.4, -0.2) is 77.9 Å². The number of hydrogen-bond acceptors (Lipinski definition) is 5. The summed E-state index contributed by atoms with van der Waals surface area (Å²) >= 11 is 0. The molecule has 144 valence electrons. The lowest BCUT2D eigenvalue weighted by molar-refractivity contribution is -0.126. The fraction of sp³-hybridized carbons (Fsp3) is 0.889. The van der Waals surface area contributed by atoms with Crippen molar-refractivity contribution in [1.29, 1.82) is 0 Å². The average Bonchev–Trinajstić information content (AvgIpc) is 2.90. The number of rotatable bonds is 2. The predicted octanol–water partition coefficient (Wildman–Crippen LogP) is 1.61. The molecule has 0 radical (unpaired) electrons. The molecule has 2 saturated heterocycles. The molecule has 0 aromatic carbocycles. The lowest BCUT2D eigenvalue weighted by Crippen LogP contribution is -2.52. The summed E-state index contributed by atoms with van der Waals surface area (Å²) in [5.74, 6) is -0.117. The van der Waals surface area contributed by atoms with Crippen molar-refractivity contribution in [3.05, 3.63) is 0 Å². The maximum absolute atomic E-state index is 12.8. The predicted molar refractivity (Wildman–Crippen MR) is 95.4 cm³/mol. The van der Waals surface area contributed by atoms with Gasteiger partial charge >= 0.3 is 6.09 Å². The van der Waals surface area contributed by atoms with Crippen LogP contribution < -0.4 is 5.32 Å². The summed E-state index contributed by atoms with van der Waals surface area (Å²) in [5.41, 5.74) is -0.924. The fourth-order valence-corrected chi connectivity index (χ4v) is 3.24.